The Bertz CT molecular complexity index is 679. The average molecular weight is 337 g/mol. The van der Waals surface area contributed by atoms with Crippen molar-refractivity contribution in [1.29, 1.82) is 0 Å². The Hall–Kier alpha value is -2.12. The number of alkyl halides is 6. The molecule has 1 aromatic carbocycles. The average Bonchev–Trinajstić information content (AvgIpc) is 2.74. The van der Waals surface area contributed by atoms with Gasteiger partial charge >= 0.3 is 12.4 Å². The third-order valence-electron chi connectivity index (χ3n) is 3.19. The first kappa shape index (κ1) is 17.2. The molecular formula is C15H13F6NO. The SMILES string of the molecule is Cc1ccc(C)n1-c1cc(C(F)(F)F)ccc1OCC(F)(F)F. The van der Waals surface area contributed by atoms with Crippen LogP contribution in [0, 0.1) is 13.8 Å². The van der Waals surface area contributed by atoms with Crippen molar-refractivity contribution >= 4 is 0 Å². The van der Waals surface area contributed by atoms with Gasteiger partial charge < -0.3 is 9.30 Å². The molecule has 0 aliphatic carbocycles. The summed E-state index contributed by atoms with van der Waals surface area (Å²) in [5.74, 6) is -0.266. The largest absolute Gasteiger partial charge is 0.482 e. The number of ether oxygens (including phenoxy) is 1. The van der Waals surface area contributed by atoms with Gasteiger partial charge in [-0.1, -0.05) is 0 Å². The molecule has 0 aliphatic heterocycles. The van der Waals surface area contributed by atoms with E-state index in [0.717, 1.165) is 12.1 Å². The standard InChI is InChI=1S/C15H13F6NO/c1-9-3-4-10(2)22(9)12-7-11(15(19,20)21)5-6-13(12)23-8-14(16,17)18/h3-7H,8H2,1-2H3. The quantitative estimate of drug-likeness (QED) is 0.715. The Morgan fingerprint density at radius 2 is 1.48 bits per heavy atom. The van der Waals surface area contributed by atoms with Crippen molar-refractivity contribution in [3.05, 3.63) is 47.3 Å². The third kappa shape index (κ3) is 4.00. The highest BCUT2D eigenvalue weighted by Gasteiger charge is 2.33. The molecule has 2 rings (SSSR count). The van der Waals surface area contributed by atoms with Crippen molar-refractivity contribution in [1.82, 2.24) is 4.57 Å². The molecule has 0 atom stereocenters. The van der Waals surface area contributed by atoms with Crippen LogP contribution in [-0.2, 0) is 6.18 Å². The lowest BCUT2D eigenvalue weighted by Crippen LogP contribution is -2.20. The molecular weight excluding hydrogens is 324 g/mol. The first-order valence-corrected chi connectivity index (χ1v) is 6.55. The predicted octanol–water partition coefficient (Wildman–Crippen LogP) is 5.05. The zero-order chi connectivity index (χ0) is 17.4. The summed E-state index contributed by atoms with van der Waals surface area (Å²) in [6, 6.07) is 5.70. The van der Waals surface area contributed by atoms with Gasteiger partial charge in [0.1, 0.15) is 5.75 Å². The maximum Gasteiger partial charge on any atom is 0.422 e. The number of benzene rings is 1. The van der Waals surface area contributed by atoms with Gasteiger partial charge in [0.25, 0.3) is 0 Å². The second-order valence-corrected chi connectivity index (χ2v) is 5.04. The number of hydrogen-bond acceptors (Lipinski definition) is 1. The van der Waals surface area contributed by atoms with E-state index in [-0.39, 0.29) is 11.4 Å². The van der Waals surface area contributed by atoms with Crippen LogP contribution in [0.15, 0.2) is 30.3 Å². The van der Waals surface area contributed by atoms with Crippen LogP contribution in [0.5, 0.6) is 5.75 Å². The number of nitrogens with zero attached hydrogens (tertiary/aromatic N) is 1. The van der Waals surface area contributed by atoms with E-state index in [1.165, 1.54) is 4.57 Å². The zero-order valence-electron chi connectivity index (χ0n) is 12.2. The van der Waals surface area contributed by atoms with Gasteiger partial charge in [-0.15, -0.1) is 0 Å². The molecule has 23 heavy (non-hydrogen) atoms. The lowest BCUT2D eigenvalue weighted by atomic mass is 10.1. The molecule has 126 valence electrons. The van der Waals surface area contributed by atoms with Crippen molar-refractivity contribution in [3.63, 3.8) is 0 Å². The number of halogens is 6. The van der Waals surface area contributed by atoms with E-state index < -0.39 is 24.5 Å². The van der Waals surface area contributed by atoms with Crippen LogP contribution in [-0.4, -0.2) is 17.4 Å². The summed E-state index contributed by atoms with van der Waals surface area (Å²) in [5.41, 5.74) is 0.126. The molecule has 8 heteroatoms. The van der Waals surface area contributed by atoms with E-state index in [1.54, 1.807) is 26.0 Å². The van der Waals surface area contributed by atoms with Crippen molar-refractivity contribution in [2.24, 2.45) is 0 Å². The summed E-state index contributed by atoms with van der Waals surface area (Å²) in [5, 5.41) is 0. The Morgan fingerprint density at radius 3 is 1.96 bits per heavy atom. The number of hydrogen-bond donors (Lipinski definition) is 0. The van der Waals surface area contributed by atoms with Crippen molar-refractivity contribution in [2.45, 2.75) is 26.2 Å². The highest BCUT2D eigenvalue weighted by Crippen LogP contribution is 2.35. The van der Waals surface area contributed by atoms with Crippen LogP contribution in [0.1, 0.15) is 17.0 Å². The van der Waals surface area contributed by atoms with Gasteiger partial charge in [-0.05, 0) is 44.2 Å². The van der Waals surface area contributed by atoms with Crippen LogP contribution < -0.4 is 4.74 Å². The number of aryl methyl sites for hydroxylation is 2. The predicted molar refractivity (Wildman–Crippen MR) is 71.8 cm³/mol. The summed E-state index contributed by atoms with van der Waals surface area (Å²) < 4.78 is 81.8. The van der Waals surface area contributed by atoms with Crippen LogP contribution in [0.2, 0.25) is 0 Å². The minimum Gasteiger partial charge on any atom is -0.482 e. The van der Waals surface area contributed by atoms with Crippen LogP contribution in [0.3, 0.4) is 0 Å². The Balaban J connectivity index is 2.54. The Morgan fingerprint density at radius 1 is 0.913 bits per heavy atom. The Kier molecular flexibility index (Phi) is 4.37. The number of rotatable bonds is 3. The van der Waals surface area contributed by atoms with Crippen molar-refractivity contribution in [3.8, 4) is 11.4 Å². The van der Waals surface area contributed by atoms with E-state index in [1.807, 2.05) is 0 Å². The van der Waals surface area contributed by atoms with E-state index in [0.29, 0.717) is 17.5 Å². The molecule has 0 aliphatic rings. The van der Waals surface area contributed by atoms with E-state index >= 15 is 0 Å². The van der Waals surface area contributed by atoms with Crippen molar-refractivity contribution < 1.29 is 31.1 Å². The van der Waals surface area contributed by atoms with Gasteiger partial charge in [0.15, 0.2) is 6.61 Å². The maximum atomic E-state index is 12.9. The second kappa shape index (κ2) is 5.82. The molecule has 0 amide bonds. The lowest BCUT2D eigenvalue weighted by Gasteiger charge is -2.18. The highest BCUT2D eigenvalue weighted by atomic mass is 19.4. The number of aromatic nitrogens is 1. The summed E-state index contributed by atoms with van der Waals surface area (Å²) in [6.07, 6.45) is -9.19. The van der Waals surface area contributed by atoms with Crippen LogP contribution in [0.4, 0.5) is 26.3 Å². The fraction of sp³-hybridized carbons (Fsp3) is 0.333. The Labute approximate surface area is 128 Å². The molecule has 0 radical (unpaired) electrons. The molecule has 0 unspecified atom stereocenters. The van der Waals surface area contributed by atoms with E-state index in [9.17, 15) is 26.3 Å². The van der Waals surface area contributed by atoms with Gasteiger partial charge in [0, 0.05) is 11.4 Å². The van der Waals surface area contributed by atoms with Gasteiger partial charge in [-0.25, -0.2) is 0 Å². The lowest BCUT2D eigenvalue weighted by molar-refractivity contribution is -0.153. The van der Waals surface area contributed by atoms with Gasteiger partial charge in [-0.2, -0.15) is 26.3 Å². The van der Waals surface area contributed by atoms with Crippen molar-refractivity contribution in [2.75, 3.05) is 6.61 Å². The van der Waals surface area contributed by atoms with Gasteiger partial charge in [0.05, 0.1) is 11.3 Å². The van der Waals surface area contributed by atoms with E-state index in [2.05, 4.69) is 4.74 Å². The summed E-state index contributed by atoms with van der Waals surface area (Å²) >= 11 is 0. The van der Waals surface area contributed by atoms with Crippen LogP contribution >= 0.6 is 0 Å². The molecule has 1 heterocycles. The smallest absolute Gasteiger partial charge is 0.422 e. The molecule has 0 N–H and O–H groups in total. The van der Waals surface area contributed by atoms with Gasteiger partial charge in [0.2, 0.25) is 0 Å². The normalized spacial score (nSPS) is 12.5. The molecule has 0 bridgehead atoms. The topological polar surface area (TPSA) is 14.2 Å². The highest BCUT2D eigenvalue weighted by molar-refractivity contribution is 5.52. The fourth-order valence-electron chi connectivity index (χ4n) is 2.20. The molecule has 0 spiro atoms. The van der Waals surface area contributed by atoms with E-state index in [4.69, 9.17) is 0 Å². The summed E-state index contributed by atoms with van der Waals surface area (Å²) in [7, 11) is 0. The molecule has 1 aromatic heterocycles. The summed E-state index contributed by atoms with van der Waals surface area (Å²) in [6.45, 7) is 1.70. The minimum absolute atomic E-state index is 0.0796. The van der Waals surface area contributed by atoms with Crippen LogP contribution in [0.25, 0.3) is 5.69 Å². The third-order valence-corrected chi connectivity index (χ3v) is 3.19. The minimum atomic E-state index is -4.60. The molecule has 0 saturated heterocycles. The summed E-state index contributed by atoms with van der Waals surface area (Å²) in [4.78, 5) is 0. The molecule has 0 fully saturated rings. The fourth-order valence-corrected chi connectivity index (χ4v) is 2.20. The molecule has 2 nitrogen and oxygen atoms in total. The monoisotopic (exact) mass is 337 g/mol. The van der Waals surface area contributed by atoms with Gasteiger partial charge in [-0.3, -0.25) is 0 Å². The first-order chi connectivity index (χ1) is 10.5. The molecule has 2 aromatic rings. The maximum absolute atomic E-state index is 12.9. The second-order valence-electron chi connectivity index (χ2n) is 5.04. The molecule has 0 saturated carbocycles. The first-order valence-electron chi connectivity index (χ1n) is 6.55. The zero-order valence-corrected chi connectivity index (χ0v) is 12.2.